The minimum Gasteiger partial charge on any atom is -0.406 e. The molecule has 4 aromatic rings. The number of nitrogens with one attached hydrogen (secondary N) is 2. The van der Waals surface area contributed by atoms with Gasteiger partial charge in [-0.05, 0) is 62.2 Å². The Hall–Kier alpha value is -3.75. The number of oxazole rings is 1. The Kier molecular flexibility index (Phi) is 4.50. The van der Waals surface area contributed by atoms with Crippen LogP contribution in [0.4, 0.5) is 32.0 Å². The van der Waals surface area contributed by atoms with E-state index < -0.39 is 5.76 Å². The summed E-state index contributed by atoms with van der Waals surface area (Å²) in [6, 6.07) is 7.93. The van der Waals surface area contributed by atoms with Crippen LogP contribution in [0.5, 0.6) is 0 Å². The van der Waals surface area contributed by atoms with Crippen LogP contribution in [-0.4, -0.2) is 14.8 Å². The van der Waals surface area contributed by atoms with Crippen molar-refractivity contribution in [2.45, 2.75) is 20.8 Å². The summed E-state index contributed by atoms with van der Waals surface area (Å²) in [7, 11) is 0. The summed E-state index contributed by atoms with van der Waals surface area (Å²) in [5, 5.41) is 6.14. The number of fused-ring (bicyclic) bond motifs is 1. The first kappa shape index (κ1) is 18.6. The van der Waals surface area contributed by atoms with Gasteiger partial charge in [-0.25, -0.2) is 14.2 Å². The van der Waals surface area contributed by atoms with E-state index in [4.69, 9.17) is 4.42 Å². The second kappa shape index (κ2) is 7.01. The number of rotatable bonds is 4. The van der Waals surface area contributed by atoms with Gasteiger partial charge in [-0.3, -0.25) is 0 Å². The number of aryl methyl sites for hydroxylation is 3. The van der Waals surface area contributed by atoms with Gasteiger partial charge in [0.1, 0.15) is 17.2 Å². The molecule has 29 heavy (non-hydrogen) atoms. The maximum absolute atomic E-state index is 13.8. The van der Waals surface area contributed by atoms with Gasteiger partial charge in [0.05, 0.1) is 0 Å². The summed E-state index contributed by atoms with van der Waals surface area (Å²) in [6.45, 7) is 5.19. The van der Waals surface area contributed by atoms with Crippen molar-refractivity contribution in [3.63, 3.8) is 0 Å². The highest BCUT2D eigenvalue weighted by molar-refractivity contribution is 5.79. The quantitative estimate of drug-likeness (QED) is 0.521. The van der Waals surface area contributed by atoms with Crippen LogP contribution in [0.3, 0.4) is 0 Å². The lowest BCUT2D eigenvalue weighted by Gasteiger charge is -2.12. The van der Waals surface area contributed by atoms with E-state index in [2.05, 4.69) is 20.6 Å². The van der Waals surface area contributed by atoms with Crippen molar-refractivity contribution in [2.24, 2.45) is 0 Å². The molecule has 0 atom stereocenters. The number of hydrogen-bond acceptors (Lipinski definition) is 6. The third-order valence-electron chi connectivity index (χ3n) is 4.46. The SMILES string of the molecule is Cc1cnc(Nc2cc(C)c(F)c(C)c2)nc1Nc1ccc2oc(=O)n(F)c2c1. The standard InChI is InChI=1S/C20H17F2N5O2/c1-10-6-14(7-11(2)17(10)21)25-19-23-9-12(3)18(26-19)24-13-4-5-16-15(8-13)27(22)20(28)29-16/h4-9H,1-3H3,(H2,23,24,25,26). The molecule has 2 heterocycles. The van der Waals surface area contributed by atoms with Crippen LogP contribution in [-0.2, 0) is 0 Å². The first-order valence-electron chi connectivity index (χ1n) is 8.78. The maximum atomic E-state index is 13.8. The van der Waals surface area contributed by atoms with Crippen LogP contribution in [0.1, 0.15) is 16.7 Å². The predicted octanol–water partition coefficient (Wildman–Crippen LogP) is 4.67. The third kappa shape index (κ3) is 3.54. The molecule has 2 N–H and O–H groups in total. The number of nitrogens with zero attached hydrogens (tertiary/aromatic N) is 3. The molecule has 0 bridgehead atoms. The molecule has 0 aliphatic heterocycles. The monoisotopic (exact) mass is 397 g/mol. The van der Waals surface area contributed by atoms with E-state index in [1.165, 1.54) is 12.1 Å². The molecule has 0 spiro atoms. The zero-order valence-corrected chi connectivity index (χ0v) is 15.9. The van der Waals surface area contributed by atoms with Gasteiger partial charge in [0.15, 0.2) is 5.58 Å². The number of anilines is 4. The number of benzene rings is 2. The van der Waals surface area contributed by atoms with Crippen molar-refractivity contribution in [1.29, 1.82) is 0 Å². The Morgan fingerprint density at radius 1 is 1.00 bits per heavy atom. The largest absolute Gasteiger partial charge is 0.448 e. The van der Waals surface area contributed by atoms with Gasteiger partial charge in [0.2, 0.25) is 5.95 Å². The lowest BCUT2D eigenvalue weighted by atomic mass is 10.1. The maximum Gasteiger partial charge on any atom is 0.448 e. The summed E-state index contributed by atoms with van der Waals surface area (Å²) in [5.41, 5.74) is 3.14. The van der Waals surface area contributed by atoms with E-state index >= 15 is 0 Å². The van der Waals surface area contributed by atoms with Crippen LogP contribution in [0, 0.1) is 26.6 Å². The molecule has 0 aliphatic rings. The molecule has 2 aromatic heterocycles. The molecule has 0 radical (unpaired) electrons. The highest BCUT2D eigenvalue weighted by Gasteiger charge is 2.11. The molecule has 148 valence electrons. The Morgan fingerprint density at radius 3 is 2.45 bits per heavy atom. The summed E-state index contributed by atoms with van der Waals surface area (Å²) in [5.74, 6) is -0.514. The summed E-state index contributed by atoms with van der Waals surface area (Å²) in [4.78, 5) is 19.9. The van der Waals surface area contributed by atoms with Crippen molar-refractivity contribution >= 4 is 34.2 Å². The van der Waals surface area contributed by atoms with Gasteiger partial charge in [-0.15, -0.1) is 4.79 Å². The fraction of sp³-hybridized carbons (Fsp3) is 0.150. The minimum atomic E-state index is -1.08. The second-order valence-electron chi connectivity index (χ2n) is 6.73. The molecule has 0 fully saturated rings. The smallest absolute Gasteiger partial charge is 0.406 e. The van der Waals surface area contributed by atoms with Crippen molar-refractivity contribution in [2.75, 3.05) is 10.6 Å². The predicted molar refractivity (Wildman–Crippen MR) is 106 cm³/mol. The summed E-state index contributed by atoms with van der Waals surface area (Å²) >= 11 is 0. The van der Waals surface area contributed by atoms with Crippen LogP contribution in [0.25, 0.3) is 11.1 Å². The van der Waals surface area contributed by atoms with Gasteiger partial charge in [0.25, 0.3) is 0 Å². The molecule has 0 aliphatic carbocycles. The molecular weight excluding hydrogens is 380 g/mol. The summed E-state index contributed by atoms with van der Waals surface area (Å²) in [6.07, 6.45) is 1.63. The zero-order valence-electron chi connectivity index (χ0n) is 15.9. The van der Waals surface area contributed by atoms with Gasteiger partial charge >= 0.3 is 5.76 Å². The highest BCUT2D eigenvalue weighted by atomic mass is 19.2. The lowest BCUT2D eigenvalue weighted by molar-refractivity contribution is 0.331. The molecule has 9 heteroatoms. The molecule has 0 saturated carbocycles. The van der Waals surface area contributed by atoms with Crippen LogP contribution in [0.15, 0.2) is 45.7 Å². The van der Waals surface area contributed by atoms with Crippen molar-refractivity contribution < 1.29 is 13.3 Å². The first-order chi connectivity index (χ1) is 13.8. The number of aromatic nitrogens is 3. The topological polar surface area (TPSA) is 85.0 Å². The van der Waals surface area contributed by atoms with Crippen LogP contribution >= 0.6 is 0 Å². The fourth-order valence-corrected chi connectivity index (χ4v) is 2.98. The molecule has 2 aromatic carbocycles. The van der Waals surface area contributed by atoms with Gasteiger partial charge in [-0.2, -0.15) is 4.98 Å². The minimum absolute atomic E-state index is 0.0160. The number of hydrogen-bond donors (Lipinski definition) is 2. The van der Waals surface area contributed by atoms with E-state index in [0.29, 0.717) is 34.3 Å². The van der Waals surface area contributed by atoms with E-state index in [1.54, 1.807) is 38.2 Å². The van der Waals surface area contributed by atoms with Crippen LogP contribution < -0.4 is 16.4 Å². The van der Waals surface area contributed by atoms with E-state index in [0.717, 1.165) is 5.56 Å². The fourth-order valence-electron chi connectivity index (χ4n) is 2.98. The average molecular weight is 397 g/mol. The first-order valence-corrected chi connectivity index (χ1v) is 8.78. The lowest BCUT2D eigenvalue weighted by Crippen LogP contribution is -2.05. The van der Waals surface area contributed by atoms with Crippen molar-refractivity contribution in [1.82, 2.24) is 14.8 Å². The van der Waals surface area contributed by atoms with Gasteiger partial charge in [0, 0.05) is 23.1 Å². The number of halogens is 2. The highest BCUT2D eigenvalue weighted by Crippen LogP contribution is 2.25. The summed E-state index contributed by atoms with van der Waals surface area (Å²) < 4.78 is 32.4. The molecule has 0 unspecified atom stereocenters. The molecule has 4 rings (SSSR count). The average Bonchev–Trinajstić information content (AvgIpc) is 2.96. The Labute approximate surface area is 164 Å². The van der Waals surface area contributed by atoms with Crippen molar-refractivity contribution in [3.05, 3.63) is 69.6 Å². The zero-order chi connectivity index (χ0) is 20.7. The molecule has 0 amide bonds. The van der Waals surface area contributed by atoms with E-state index in [-0.39, 0.29) is 21.7 Å². The van der Waals surface area contributed by atoms with E-state index in [1.807, 2.05) is 6.92 Å². The van der Waals surface area contributed by atoms with Crippen LogP contribution in [0.2, 0.25) is 0 Å². The Balaban J connectivity index is 1.63. The third-order valence-corrected chi connectivity index (χ3v) is 4.46. The Bertz CT molecular complexity index is 1270. The van der Waals surface area contributed by atoms with Gasteiger partial charge < -0.3 is 15.1 Å². The molecule has 0 saturated heterocycles. The second-order valence-corrected chi connectivity index (χ2v) is 6.73. The van der Waals surface area contributed by atoms with Gasteiger partial charge in [-0.1, -0.05) is 4.48 Å². The van der Waals surface area contributed by atoms with E-state index in [9.17, 15) is 13.7 Å². The normalized spacial score (nSPS) is 11.1. The van der Waals surface area contributed by atoms with Crippen molar-refractivity contribution in [3.8, 4) is 0 Å². The molecular formula is C20H17F2N5O2. The Morgan fingerprint density at radius 2 is 1.72 bits per heavy atom. The molecule has 7 nitrogen and oxygen atoms in total.